The van der Waals surface area contributed by atoms with Gasteiger partial charge >= 0.3 is 5.91 Å². The fourth-order valence-corrected chi connectivity index (χ4v) is 3.04. The van der Waals surface area contributed by atoms with Gasteiger partial charge < -0.3 is 15.5 Å². The Labute approximate surface area is 162 Å². The Morgan fingerprint density at radius 3 is 2.64 bits per heavy atom. The minimum atomic E-state index is -0.880. The molecule has 0 unspecified atom stereocenters. The monoisotopic (exact) mass is 379 g/mol. The number of hydrazone groups is 1. The summed E-state index contributed by atoms with van der Waals surface area (Å²) in [5.74, 6) is -2.18. The van der Waals surface area contributed by atoms with Crippen molar-refractivity contribution in [3.05, 3.63) is 65.2 Å². The van der Waals surface area contributed by atoms with Gasteiger partial charge in [-0.15, -0.1) is 0 Å². The SMILES string of the molecule is CC1(C)Cc2ccccc2/C(=C\C(=O)C(=O)NN=Cc2ccc(O)c(O)c2)N1. The maximum absolute atomic E-state index is 12.3. The van der Waals surface area contributed by atoms with Gasteiger partial charge in [0.2, 0.25) is 5.78 Å². The lowest BCUT2D eigenvalue weighted by atomic mass is 9.85. The Hall–Kier alpha value is -3.61. The number of hydrogen-bond donors (Lipinski definition) is 4. The summed E-state index contributed by atoms with van der Waals surface area (Å²) >= 11 is 0. The molecule has 1 amide bonds. The zero-order chi connectivity index (χ0) is 20.3. The first-order valence-corrected chi connectivity index (χ1v) is 8.73. The van der Waals surface area contributed by atoms with E-state index in [1.807, 2.05) is 38.1 Å². The molecule has 0 saturated carbocycles. The lowest BCUT2D eigenvalue weighted by Gasteiger charge is -2.35. The fraction of sp³-hybridized carbons (Fsp3) is 0.190. The number of phenols is 2. The van der Waals surface area contributed by atoms with Crippen LogP contribution in [-0.2, 0) is 16.0 Å². The maximum atomic E-state index is 12.3. The van der Waals surface area contributed by atoms with Crippen LogP contribution in [0.4, 0.5) is 0 Å². The minimum Gasteiger partial charge on any atom is -0.504 e. The van der Waals surface area contributed by atoms with E-state index in [4.69, 9.17) is 0 Å². The molecule has 144 valence electrons. The predicted molar refractivity (Wildman–Crippen MR) is 106 cm³/mol. The number of hydrogen-bond acceptors (Lipinski definition) is 6. The van der Waals surface area contributed by atoms with E-state index in [1.54, 1.807) is 0 Å². The molecule has 7 nitrogen and oxygen atoms in total. The summed E-state index contributed by atoms with van der Waals surface area (Å²) in [5, 5.41) is 25.7. The van der Waals surface area contributed by atoms with Crippen LogP contribution in [0.2, 0.25) is 0 Å². The molecule has 4 N–H and O–H groups in total. The van der Waals surface area contributed by atoms with Crippen LogP contribution in [0.3, 0.4) is 0 Å². The molecule has 7 heteroatoms. The quantitative estimate of drug-likeness (QED) is 0.214. The van der Waals surface area contributed by atoms with Crippen LogP contribution < -0.4 is 10.7 Å². The van der Waals surface area contributed by atoms with Crippen molar-refractivity contribution in [3.8, 4) is 11.5 Å². The van der Waals surface area contributed by atoms with Crippen LogP contribution in [0.25, 0.3) is 5.70 Å². The molecule has 0 spiro atoms. The number of carbonyl (C=O) groups excluding carboxylic acids is 2. The second kappa shape index (κ2) is 7.56. The first-order valence-electron chi connectivity index (χ1n) is 8.73. The number of benzene rings is 2. The Kier molecular flexibility index (Phi) is 5.17. The standard InChI is InChI=1S/C21H21N3O4/c1-21(2)11-14-5-3-4-6-15(14)16(23-21)10-19(27)20(28)24-22-12-13-7-8-17(25)18(26)9-13/h3-10,12,23,25-26H,11H2,1-2H3,(H,24,28)/b16-10+,22-12?. The summed E-state index contributed by atoms with van der Waals surface area (Å²) in [7, 11) is 0. The predicted octanol–water partition coefficient (Wildman–Crippen LogP) is 2.08. The Morgan fingerprint density at radius 2 is 1.89 bits per heavy atom. The van der Waals surface area contributed by atoms with Crippen LogP contribution in [0.5, 0.6) is 11.5 Å². The molecular weight excluding hydrogens is 358 g/mol. The van der Waals surface area contributed by atoms with Gasteiger partial charge in [0.15, 0.2) is 11.5 Å². The second-order valence-electron chi connectivity index (χ2n) is 7.21. The lowest BCUT2D eigenvalue weighted by molar-refractivity contribution is -0.135. The number of aromatic hydroxyl groups is 2. The van der Waals surface area contributed by atoms with Gasteiger partial charge in [0.1, 0.15) is 0 Å². The van der Waals surface area contributed by atoms with E-state index >= 15 is 0 Å². The number of ketones is 1. The highest BCUT2D eigenvalue weighted by Gasteiger charge is 2.28. The van der Waals surface area contributed by atoms with Crippen molar-refractivity contribution in [2.45, 2.75) is 25.8 Å². The Balaban J connectivity index is 1.72. The largest absolute Gasteiger partial charge is 0.504 e. The molecular formula is C21H21N3O4. The van der Waals surface area contributed by atoms with Gasteiger partial charge in [-0.3, -0.25) is 9.59 Å². The van der Waals surface area contributed by atoms with E-state index < -0.39 is 11.7 Å². The van der Waals surface area contributed by atoms with Crippen LogP contribution >= 0.6 is 0 Å². The first kappa shape index (κ1) is 19.2. The highest BCUT2D eigenvalue weighted by atomic mass is 16.3. The minimum absolute atomic E-state index is 0.240. The molecule has 2 aromatic rings. The van der Waals surface area contributed by atoms with Gasteiger partial charge in [-0.2, -0.15) is 5.10 Å². The third kappa shape index (κ3) is 4.37. The number of phenolic OH excluding ortho intramolecular Hbond substituents is 2. The number of nitrogens with zero attached hydrogens (tertiary/aromatic N) is 1. The number of fused-ring (bicyclic) bond motifs is 1. The number of carbonyl (C=O) groups is 2. The molecule has 0 aromatic heterocycles. The number of amides is 1. The van der Waals surface area contributed by atoms with Gasteiger partial charge in [-0.25, -0.2) is 5.43 Å². The van der Waals surface area contributed by atoms with Gasteiger partial charge in [0, 0.05) is 22.9 Å². The summed E-state index contributed by atoms with van der Waals surface area (Å²) in [6.45, 7) is 4.05. The third-order valence-electron chi connectivity index (χ3n) is 4.29. The van der Waals surface area contributed by atoms with Crippen LogP contribution in [0, 0.1) is 0 Å². The number of nitrogens with one attached hydrogen (secondary N) is 2. The van der Waals surface area contributed by atoms with Crippen LogP contribution in [0.1, 0.15) is 30.5 Å². The summed E-state index contributed by atoms with van der Waals surface area (Å²) in [4.78, 5) is 24.4. The second-order valence-corrected chi connectivity index (χ2v) is 7.21. The van der Waals surface area contributed by atoms with Gasteiger partial charge in [0.05, 0.1) is 6.21 Å². The summed E-state index contributed by atoms with van der Waals surface area (Å²) < 4.78 is 0. The summed E-state index contributed by atoms with van der Waals surface area (Å²) in [5.41, 5.74) is 4.97. The van der Waals surface area contributed by atoms with E-state index in [0.717, 1.165) is 17.5 Å². The molecule has 28 heavy (non-hydrogen) atoms. The van der Waals surface area contributed by atoms with E-state index in [2.05, 4.69) is 15.8 Å². The molecule has 0 fully saturated rings. The normalized spacial score (nSPS) is 16.4. The van der Waals surface area contributed by atoms with Crippen molar-refractivity contribution in [3.63, 3.8) is 0 Å². The van der Waals surface area contributed by atoms with E-state index in [9.17, 15) is 19.8 Å². The molecule has 1 aliphatic rings. The molecule has 1 aliphatic heterocycles. The highest BCUT2D eigenvalue weighted by Crippen LogP contribution is 2.29. The molecule has 0 bridgehead atoms. The number of rotatable bonds is 4. The van der Waals surface area contributed by atoms with E-state index in [1.165, 1.54) is 30.5 Å². The van der Waals surface area contributed by atoms with E-state index in [0.29, 0.717) is 11.3 Å². The molecule has 0 radical (unpaired) electrons. The molecule has 1 heterocycles. The van der Waals surface area contributed by atoms with Gasteiger partial charge in [-0.05, 0) is 49.6 Å². The van der Waals surface area contributed by atoms with Gasteiger partial charge in [-0.1, -0.05) is 24.3 Å². The maximum Gasteiger partial charge on any atom is 0.311 e. The Morgan fingerprint density at radius 1 is 1.14 bits per heavy atom. The average Bonchev–Trinajstić information content (AvgIpc) is 2.63. The molecule has 2 aromatic carbocycles. The topological polar surface area (TPSA) is 111 Å². The van der Waals surface area contributed by atoms with Crippen molar-refractivity contribution in [2.75, 3.05) is 0 Å². The lowest BCUT2D eigenvalue weighted by Crippen LogP contribution is -2.44. The average molecular weight is 379 g/mol. The third-order valence-corrected chi connectivity index (χ3v) is 4.29. The molecule has 3 rings (SSSR count). The van der Waals surface area contributed by atoms with Crippen molar-refractivity contribution in [1.29, 1.82) is 0 Å². The smallest absolute Gasteiger partial charge is 0.311 e. The molecule has 0 atom stereocenters. The molecule has 0 saturated heterocycles. The van der Waals surface area contributed by atoms with E-state index in [-0.39, 0.29) is 17.0 Å². The fourth-order valence-electron chi connectivity index (χ4n) is 3.04. The first-order chi connectivity index (χ1) is 13.2. The van der Waals surface area contributed by atoms with Crippen LogP contribution in [0.15, 0.2) is 53.6 Å². The van der Waals surface area contributed by atoms with Crippen molar-refractivity contribution in [1.82, 2.24) is 10.7 Å². The van der Waals surface area contributed by atoms with Gasteiger partial charge in [0.25, 0.3) is 0 Å². The zero-order valence-corrected chi connectivity index (χ0v) is 15.6. The van der Waals surface area contributed by atoms with Crippen molar-refractivity contribution in [2.24, 2.45) is 5.10 Å². The van der Waals surface area contributed by atoms with Crippen molar-refractivity contribution < 1.29 is 19.8 Å². The van der Waals surface area contributed by atoms with Crippen LogP contribution in [-0.4, -0.2) is 33.7 Å². The summed E-state index contributed by atoms with van der Waals surface area (Å²) in [6.07, 6.45) is 3.34. The molecule has 0 aliphatic carbocycles. The zero-order valence-electron chi connectivity index (χ0n) is 15.6. The highest BCUT2D eigenvalue weighted by molar-refractivity contribution is 6.41. The Bertz CT molecular complexity index is 993. The van der Waals surface area contributed by atoms with Crippen molar-refractivity contribution >= 4 is 23.6 Å². The summed E-state index contributed by atoms with van der Waals surface area (Å²) in [6, 6.07) is 11.8.